The average Bonchev–Trinajstić information content (AvgIpc) is 3.33. The van der Waals surface area contributed by atoms with Crippen molar-refractivity contribution in [1.82, 2.24) is 14.3 Å². The summed E-state index contributed by atoms with van der Waals surface area (Å²) >= 11 is 0. The van der Waals surface area contributed by atoms with Gasteiger partial charge in [0, 0.05) is 26.5 Å². The summed E-state index contributed by atoms with van der Waals surface area (Å²) in [6, 6.07) is 8.17. The largest absolute Gasteiger partial charge is 0.505 e. The maximum atomic E-state index is 13.3. The van der Waals surface area contributed by atoms with Crippen molar-refractivity contribution in [3.8, 4) is 11.5 Å². The summed E-state index contributed by atoms with van der Waals surface area (Å²) < 4.78 is 17.8. The number of aliphatic hydroxyl groups is 1. The maximum Gasteiger partial charge on any atom is 0.295 e. The molecule has 0 radical (unpaired) electrons. The zero-order valence-electron chi connectivity index (χ0n) is 20.5. The summed E-state index contributed by atoms with van der Waals surface area (Å²) in [6.45, 7) is 4.43. The number of ketones is 1. The molecule has 1 N–H and O–H groups in total. The van der Waals surface area contributed by atoms with Gasteiger partial charge in [0.1, 0.15) is 11.3 Å². The van der Waals surface area contributed by atoms with Gasteiger partial charge in [0.2, 0.25) is 0 Å². The van der Waals surface area contributed by atoms with Crippen LogP contribution in [-0.2, 0) is 14.3 Å². The van der Waals surface area contributed by atoms with Crippen molar-refractivity contribution in [2.45, 2.75) is 26.3 Å². The minimum absolute atomic E-state index is 0.0104. The lowest BCUT2D eigenvalue weighted by Gasteiger charge is -2.25. The van der Waals surface area contributed by atoms with E-state index < -0.39 is 17.7 Å². The number of imidazole rings is 1. The molecule has 1 unspecified atom stereocenters. The Balaban J connectivity index is 1.92. The number of fused-ring (bicyclic) bond motifs is 1. The van der Waals surface area contributed by atoms with Crippen LogP contribution in [0.15, 0.2) is 42.1 Å². The second kappa shape index (κ2) is 9.79. The third-order valence-electron chi connectivity index (χ3n) is 6.32. The number of hydrogen-bond donors (Lipinski definition) is 1. The van der Waals surface area contributed by atoms with Crippen LogP contribution in [0, 0.1) is 13.8 Å². The molecule has 9 nitrogen and oxygen atoms in total. The number of Topliss-reactive ketones (excluding diaryl/α,β-unsaturated/α-hetero) is 1. The Morgan fingerprint density at radius 1 is 1.09 bits per heavy atom. The van der Waals surface area contributed by atoms with E-state index in [9.17, 15) is 14.7 Å². The van der Waals surface area contributed by atoms with Crippen molar-refractivity contribution in [3.63, 3.8) is 0 Å². The Labute approximate surface area is 203 Å². The normalized spacial score (nSPS) is 17.4. The molecule has 1 amide bonds. The Morgan fingerprint density at radius 3 is 2.49 bits per heavy atom. The number of aryl methyl sites for hydroxylation is 2. The van der Waals surface area contributed by atoms with Crippen LogP contribution in [0.25, 0.3) is 11.4 Å². The molecule has 9 heteroatoms. The highest BCUT2D eigenvalue weighted by molar-refractivity contribution is 6.46. The molecule has 2 aromatic heterocycles. The second-order valence-electron chi connectivity index (χ2n) is 8.38. The number of pyridine rings is 1. The maximum absolute atomic E-state index is 13.3. The number of aromatic nitrogens is 2. The fourth-order valence-electron chi connectivity index (χ4n) is 4.53. The molecule has 0 spiro atoms. The fourth-order valence-corrected chi connectivity index (χ4v) is 4.53. The molecule has 0 aliphatic carbocycles. The van der Waals surface area contributed by atoms with Gasteiger partial charge in [0.25, 0.3) is 11.7 Å². The number of likely N-dealkylation sites (tertiary alicyclic amines) is 1. The number of methoxy groups -OCH3 is 3. The highest BCUT2D eigenvalue weighted by Gasteiger charge is 2.46. The van der Waals surface area contributed by atoms with Crippen LogP contribution in [0.4, 0.5) is 0 Å². The lowest BCUT2D eigenvalue weighted by atomic mass is 9.96. The quantitative estimate of drug-likeness (QED) is 0.229. The Kier molecular flexibility index (Phi) is 6.79. The van der Waals surface area contributed by atoms with Gasteiger partial charge >= 0.3 is 0 Å². The van der Waals surface area contributed by atoms with Crippen LogP contribution >= 0.6 is 0 Å². The van der Waals surface area contributed by atoms with Gasteiger partial charge in [-0.1, -0.05) is 12.1 Å². The highest BCUT2D eigenvalue weighted by Crippen LogP contribution is 2.42. The number of benzene rings is 1. The molecule has 0 saturated carbocycles. The van der Waals surface area contributed by atoms with Gasteiger partial charge in [0.15, 0.2) is 17.3 Å². The van der Waals surface area contributed by atoms with Crippen LogP contribution in [0.3, 0.4) is 0 Å². The summed E-state index contributed by atoms with van der Waals surface area (Å²) in [5.41, 5.74) is 3.12. The van der Waals surface area contributed by atoms with Crippen molar-refractivity contribution in [2.24, 2.45) is 0 Å². The monoisotopic (exact) mass is 479 g/mol. The third kappa shape index (κ3) is 4.12. The van der Waals surface area contributed by atoms with E-state index >= 15 is 0 Å². The first kappa shape index (κ1) is 24.3. The van der Waals surface area contributed by atoms with E-state index in [1.807, 2.05) is 36.6 Å². The van der Waals surface area contributed by atoms with E-state index in [-0.39, 0.29) is 23.6 Å². The molecule has 1 saturated heterocycles. The summed E-state index contributed by atoms with van der Waals surface area (Å²) in [5, 5.41) is 11.5. The summed E-state index contributed by atoms with van der Waals surface area (Å²) in [7, 11) is 4.62. The molecule has 4 rings (SSSR count). The third-order valence-corrected chi connectivity index (χ3v) is 6.32. The van der Waals surface area contributed by atoms with Gasteiger partial charge in [0.05, 0.1) is 31.5 Å². The molecule has 1 aliphatic rings. The molecular weight excluding hydrogens is 450 g/mol. The molecule has 35 heavy (non-hydrogen) atoms. The van der Waals surface area contributed by atoms with Crippen LogP contribution in [0.5, 0.6) is 11.5 Å². The molecule has 3 aromatic rings. The molecular formula is C26H29N3O6. The predicted octanol–water partition coefficient (Wildman–Crippen LogP) is 3.43. The number of rotatable bonds is 8. The lowest BCUT2D eigenvalue weighted by molar-refractivity contribution is -0.140. The van der Waals surface area contributed by atoms with Crippen LogP contribution in [0.1, 0.15) is 35.0 Å². The van der Waals surface area contributed by atoms with Crippen LogP contribution < -0.4 is 9.47 Å². The Morgan fingerprint density at radius 2 is 1.83 bits per heavy atom. The number of carbonyl (C=O) groups excluding carboxylic acids is 2. The standard InChI is InChI=1S/C26H29N3O6/c1-15-8-6-11-28-16(2)21(27-25(15)28)23(30)20-22(17-9-10-18(34-4)19(14-17)35-5)29(12-7-13-33-3)26(32)24(20)31/h6,8-11,14,22,30H,7,12-13H2,1-5H3. The molecule has 1 fully saturated rings. The number of carbonyl (C=O) groups is 2. The number of nitrogens with zero attached hydrogens (tertiary/aromatic N) is 3. The van der Waals surface area contributed by atoms with E-state index in [1.54, 1.807) is 25.3 Å². The number of ether oxygens (including phenoxy) is 3. The molecule has 3 heterocycles. The molecule has 1 aliphatic heterocycles. The smallest absolute Gasteiger partial charge is 0.295 e. The summed E-state index contributed by atoms with van der Waals surface area (Å²) in [5.74, 6) is -0.780. The van der Waals surface area contributed by atoms with Crippen LogP contribution in [0.2, 0.25) is 0 Å². The van der Waals surface area contributed by atoms with Crippen molar-refractivity contribution in [3.05, 3.63) is 64.6 Å². The fraction of sp³-hybridized carbons (Fsp3) is 0.346. The molecule has 0 bridgehead atoms. The van der Waals surface area contributed by atoms with E-state index in [1.165, 1.54) is 19.1 Å². The second-order valence-corrected chi connectivity index (χ2v) is 8.38. The first-order chi connectivity index (χ1) is 16.8. The van der Waals surface area contributed by atoms with E-state index in [0.717, 1.165) is 5.56 Å². The van der Waals surface area contributed by atoms with E-state index in [0.29, 0.717) is 41.4 Å². The van der Waals surface area contributed by atoms with Gasteiger partial charge in [-0.15, -0.1) is 0 Å². The minimum Gasteiger partial charge on any atom is -0.505 e. The molecule has 1 atom stereocenters. The Bertz CT molecular complexity index is 1330. The van der Waals surface area contributed by atoms with E-state index in [4.69, 9.17) is 14.2 Å². The minimum atomic E-state index is -0.822. The highest BCUT2D eigenvalue weighted by atomic mass is 16.5. The zero-order valence-corrected chi connectivity index (χ0v) is 20.5. The van der Waals surface area contributed by atoms with Crippen molar-refractivity contribution >= 4 is 23.1 Å². The van der Waals surface area contributed by atoms with Crippen LogP contribution in [-0.4, -0.2) is 65.6 Å². The first-order valence-electron chi connectivity index (χ1n) is 11.3. The van der Waals surface area contributed by atoms with Gasteiger partial charge in [-0.3, -0.25) is 9.59 Å². The van der Waals surface area contributed by atoms with E-state index in [2.05, 4.69) is 4.98 Å². The topological polar surface area (TPSA) is 103 Å². The summed E-state index contributed by atoms with van der Waals surface area (Å²) in [4.78, 5) is 32.5. The number of hydrogen-bond acceptors (Lipinski definition) is 7. The summed E-state index contributed by atoms with van der Waals surface area (Å²) in [6.07, 6.45) is 2.37. The van der Waals surface area contributed by atoms with Gasteiger partial charge < -0.3 is 28.6 Å². The molecule has 1 aromatic carbocycles. The zero-order chi connectivity index (χ0) is 25.3. The van der Waals surface area contributed by atoms with Crippen molar-refractivity contribution < 1.29 is 28.9 Å². The molecule has 184 valence electrons. The number of amides is 1. The van der Waals surface area contributed by atoms with Gasteiger partial charge in [-0.2, -0.15) is 0 Å². The van der Waals surface area contributed by atoms with Crippen molar-refractivity contribution in [2.75, 3.05) is 34.5 Å². The van der Waals surface area contributed by atoms with Crippen molar-refractivity contribution in [1.29, 1.82) is 0 Å². The first-order valence-corrected chi connectivity index (χ1v) is 11.3. The van der Waals surface area contributed by atoms with Gasteiger partial charge in [-0.05, 0) is 49.6 Å². The average molecular weight is 480 g/mol. The number of aliphatic hydroxyl groups excluding tert-OH is 1. The van der Waals surface area contributed by atoms with Gasteiger partial charge in [-0.25, -0.2) is 4.98 Å². The lowest BCUT2D eigenvalue weighted by Crippen LogP contribution is -2.31. The Hall–Kier alpha value is -3.85. The SMILES string of the molecule is COCCCN1C(=O)C(=O)C(=C(O)c2nc3c(C)cccn3c2C)C1c1ccc(OC)c(OC)c1. The predicted molar refractivity (Wildman–Crippen MR) is 130 cm³/mol.